The highest BCUT2D eigenvalue weighted by atomic mass is 19.4. The van der Waals surface area contributed by atoms with E-state index in [0.717, 1.165) is 17.3 Å². The number of fused-ring (bicyclic) bond motifs is 1. The van der Waals surface area contributed by atoms with Gasteiger partial charge in [-0.15, -0.1) is 0 Å². The molecule has 162 valence electrons. The van der Waals surface area contributed by atoms with Crippen LogP contribution in [0.5, 0.6) is 0 Å². The molecule has 0 atom stereocenters. The Morgan fingerprint density at radius 3 is 2.74 bits per heavy atom. The second kappa shape index (κ2) is 7.89. The quantitative estimate of drug-likeness (QED) is 0.646. The number of pyridine rings is 2. The summed E-state index contributed by atoms with van der Waals surface area (Å²) in [4.78, 5) is 21.5. The first kappa shape index (κ1) is 20.6. The van der Waals surface area contributed by atoms with Crippen molar-refractivity contribution in [3.8, 4) is 0 Å². The monoisotopic (exact) mass is 431 g/mol. The van der Waals surface area contributed by atoms with E-state index in [0.29, 0.717) is 35.9 Å². The molecule has 0 aromatic carbocycles. The lowest BCUT2D eigenvalue weighted by molar-refractivity contribution is -0.141. The maximum absolute atomic E-state index is 12.6. The molecular weight excluding hydrogens is 411 g/mol. The Labute approximate surface area is 176 Å². The summed E-state index contributed by atoms with van der Waals surface area (Å²) >= 11 is 0. The summed E-state index contributed by atoms with van der Waals surface area (Å²) in [6.45, 7) is 2.89. The van der Waals surface area contributed by atoms with E-state index in [1.165, 1.54) is 12.3 Å². The van der Waals surface area contributed by atoms with Crippen molar-refractivity contribution in [3.05, 3.63) is 59.3 Å². The molecule has 0 bridgehead atoms. The second-order valence-electron chi connectivity index (χ2n) is 7.34. The van der Waals surface area contributed by atoms with E-state index in [2.05, 4.69) is 25.7 Å². The number of carbonyl (C=O) groups is 1. The molecule has 0 saturated carbocycles. The fraction of sp³-hybridized carbons (Fsp3) is 0.300. The van der Waals surface area contributed by atoms with E-state index in [1.807, 2.05) is 31.1 Å². The molecule has 0 spiro atoms. The SMILES string of the molecule is Cc1nc(NCc2cnn(Cc3ccc(C(F)(F)F)nc3)c2)cc2c1NC(=O)CN2C. The summed E-state index contributed by atoms with van der Waals surface area (Å²) in [7, 11) is 1.85. The Hall–Kier alpha value is -3.63. The number of aryl methyl sites for hydroxylation is 1. The minimum Gasteiger partial charge on any atom is -0.366 e. The lowest BCUT2D eigenvalue weighted by Crippen LogP contribution is -2.36. The van der Waals surface area contributed by atoms with Gasteiger partial charge in [-0.3, -0.25) is 14.5 Å². The Bertz CT molecular complexity index is 1110. The van der Waals surface area contributed by atoms with Crippen molar-refractivity contribution >= 4 is 23.1 Å². The van der Waals surface area contributed by atoms with Gasteiger partial charge in [-0.2, -0.15) is 18.3 Å². The van der Waals surface area contributed by atoms with Gasteiger partial charge >= 0.3 is 6.18 Å². The van der Waals surface area contributed by atoms with Gasteiger partial charge in [0.15, 0.2) is 0 Å². The maximum atomic E-state index is 12.6. The number of likely N-dealkylation sites (N-methyl/N-ethyl adjacent to an activating group) is 1. The summed E-state index contributed by atoms with van der Waals surface area (Å²) in [5.41, 5.74) is 2.90. The van der Waals surface area contributed by atoms with E-state index in [9.17, 15) is 18.0 Å². The summed E-state index contributed by atoms with van der Waals surface area (Å²) in [6, 6.07) is 4.23. The molecule has 1 aliphatic heterocycles. The Balaban J connectivity index is 1.40. The first-order valence-electron chi connectivity index (χ1n) is 9.49. The zero-order valence-corrected chi connectivity index (χ0v) is 16.9. The average molecular weight is 431 g/mol. The van der Waals surface area contributed by atoms with Crippen molar-refractivity contribution < 1.29 is 18.0 Å². The number of rotatable bonds is 5. The largest absolute Gasteiger partial charge is 0.433 e. The summed E-state index contributed by atoms with van der Waals surface area (Å²) in [5.74, 6) is 0.593. The zero-order valence-electron chi connectivity index (χ0n) is 16.9. The minimum atomic E-state index is -4.45. The zero-order chi connectivity index (χ0) is 22.2. The van der Waals surface area contributed by atoms with E-state index in [4.69, 9.17) is 0 Å². The van der Waals surface area contributed by atoms with E-state index >= 15 is 0 Å². The highest BCUT2D eigenvalue weighted by Crippen LogP contribution is 2.33. The lowest BCUT2D eigenvalue weighted by atomic mass is 10.2. The molecule has 3 aromatic heterocycles. The Morgan fingerprint density at radius 1 is 1.23 bits per heavy atom. The standard InChI is InChI=1S/C20H20F3N7O/c1-12-19-15(29(2)11-18(31)28-19)5-17(27-12)25-7-14-8-26-30(10-14)9-13-3-4-16(24-6-13)20(21,22)23/h3-6,8,10H,7,9,11H2,1-2H3,(H,25,27)(H,28,31). The van der Waals surface area contributed by atoms with Gasteiger partial charge in [-0.05, 0) is 18.6 Å². The van der Waals surface area contributed by atoms with Gasteiger partial charge in [0.1, 0.15) is 11.5 Å². The number of hydrogen-bond donors (Lipinski definition) is 2. The molecule has 4 rings (SSSR count). The van der Waals surface area contributed by atoms with Crippen LogP contribution in [-0.2, 0) is 24.1 Å². The molecule has 0 radical (unpaired) electrons. The predicted octanol–water partition coefficient (Wildman–Crippen LogP) is 3.05. The Morgan fingerprint density at radius 2 is 2.03 bits per heavy atom. The first-order chi connectivity index (χ1) is 14.7. The summed E-state index contributed by atoms with van der Waals surface area (Å²) in [5, 5.41) is 10.3. The highest BCUT2D eigenvalue weighted by Gasteiger charge is 2.32. The molecule has 0 fully saturated rings. The van der Waals surface area contributed by atoms with Crippen molar-refractivity contribution in [1.82, 2.24) is 19.7 Å². The first-order valence-corrected chi connectivity index (χ1v) is 9.49. The van der Waals surface area contributed by atoms with Crippen LogP contribution in [0.2, 0.25) is 0 Å². The van der Waals surface area contributed by atoms with Crippen LogP contribution in [0.4, 0.5) is 30.4 Å². The molecule has 4 heterocycles. The maximum Gasteiger partial charge on any atom is 0.433 e. The van der Waals surface area contributed by atoms with Gasteiger partial charge in [-0.25, -0.2) is 4.98 Å². The third kappa shape index (κ3) is 4.60. The molecule has 8 nitrogen and oxygen atoms in total. The van der Waals surface area contributed by atoms with Crippen LogP contribution in [0.15, 0.2) is 36.8 Å². The van der Waals surface area contributed by atoms with Crippen molar-refractivity contribution in [2.24, 2.45) is 0 Å². The summed E-state index contributed by atoms with van der Waals surface area (Å²) in [6.07, 6.45) is 0.245. The topological polar surface area (TPSA) is 88.0 Å². The molecule has 3 aromatic rings. The van der Waals surface area contributed by atoms with E-state index in [-0.39, 0.29) is 12.5 Å². The number of anilines is 3. The number of alkyl halides is 3. The fourth-order valence-electron chi connectivity index (χ4n) is 3.33. The van der Waals surface area contributed by atoms with Crippen molar-refractivity contribution in [3.63, 3.8) is 0 Å². The third-order valence-electron chi connectivity index (χ3n) is 4.86. The molecular formula is C20H20F3N7O. The molecule has 11 heteroatoms. The van der Waals surface area contributed by atoms with Crippen LogP contribution < -0.4 is 15.5 Å². The van der Waals surface area contributed by atoms with Crippen molar-refractivity contribution in [2.75, 3.05) is 29.1 Å². The normalized spacial score (nSPS) is 13.7. The van der Waals surface area contributed by atoms with Crippen LogP contribution in [0.1, 0.15) is 22.5 Å². The molecule has 1 aliphatic rings. The van der Waals surface area contributed by atoms with Crippen LogP contribution in [0.3, 0.4) is 0 Å². The molecule has 2 N–H and O–H groups in total. The van der Waals surface area contributed by atoms with Gasteiger partial charge in [0.25, 0.3) is 0 Å². The van der Waals surface area contributed by atoms with Crippen LogP contribution in [0, 0.1) is 6.92 Å². The fourth-order valence-corrected chi connectivity index (χ4v) is 3.33. The van der Waals surface area contributed by atoms with E-state index < -0.39 is 11.9 Å². The number of hydrogen-bond acceptors (Lipinski definition) is 6. The van der Waals surface area contributed by atoms with Crippen LogP contribution in [-0.4, -0.2) is 39.2 Å². The molecule has 1 amide bonds. The number of amides is 1. The summed E-state index contributed by atoms with van der Waals surface area (Å²) < 4.78 is 39.5. The number of aromatic nitrogens is 4. The molecule has 0 unspecified atom stereocenters. The molecule has 0 aliphatic carbocycles. The number of nitrogens with one attached hydrogen (secondary N) is 2. The van der Waals surface area contributed by atoms with Crippen LogP contribution >= 0.6 is 0 Å². The van der Waals surface area contributed by atoms with Crippen LogP contribution in [0.25, 0.3) is 0 Å². The van der Waals surface area contributed by atoms with Gasteiger partial charge in [0, 0.05) is 37.6 Å². The van der Waals surface area contributed by atoms with Gasteiger partial charge in [-0.1, -0.05) is 6.07 Å². The highest BCUT2D eigenvalue weighted by molar-refractivity contribution is 6.02. The number of carbonyl (C=O) groups excluding carboxylic acids is 1. The number of nitrogens with zero attached hydrogens (tertiary/aromatic N) is 5. The van der Waals surface area contributed by atoms with Crippen molar-refractivity contribution in [1.29, 1.82) is 0 Å². The molecule has 0 saturated heterocycles. The van der Waals surface area contributed by atoms with E-state index in [1.54, 1.807) is 10.9 Å². The van der Waals surface area contributed by atoms with Gasteiger partial charge in [0.2, 0.25) is 5.91 Å². The van der Waals surface area contributed by atoms with Gasteiger partial charge < -0.3 is 15.5 Å². The second-order valence-corrected chi connectivity index (χ2v) is 7.34. The number of halogens is 3. The minimum absolute atomic E-state index is 0.0729. The third-order valence-corrected chi connectivity index (χ3v) is 4.86. The van der Waals surface area contributed by atoms with Crippen molar-refractivity contribution in [2.45, 2.75) is 26.2 Å². The predicted molar refractivity (Wildman–Crippen MR) is 109 cm³/mol. The average Bonchev–Trinajstić information content (AvgIpc) is 3.14. The Kier molecular flexibility index (Phi) is 5.25. The van der Waals surface area contributed by atoms with Gasteiger partial charge in [0.05, 0.1) is 36.4 Å². The molecule has 31 heavy (non-hydrogen) atoms. The lowest BCUT2D eigenvalue weighted by Gasteiger charge is -2.28. The smallest absolute Gasteiger partial charge is 0.366 e.